The topological polar surface area (TPSA) is 54.2 Å². The van der Waals surface area contributed by atoms with E-state index in [9.17, 15) is 9.50 Å². The third-order valence-corrected chi connectivity index (χ3v) is 7.44. The van der Waals surface area contributed by atoms with Crippen molar-refractivity contribution >= 4 is 0 Å². The van der Waals surface area contributed by atoms with E-state index in [-0.39, 0.29) is 17.9 Å². The molecule has 2 aliphatic rings. The number of aryl methyl sites for hydroxylation is 1. The number of aliphatic hydroxyl groups excluding tert-OH is 1. The van der Waals surface area contributed by atoms with E-state index in [1.54, 1.807) is 12.1 Å². The van der Waals surface area contributed by atoms with Crippen LogP contribution in [0.3, 0.4) is 0 Å². The average Bonchev–Trinajstić information content (AvgIpc) is 3.31. The van der Waals surface area contributed by atoms with Gasteiger partial charge in [-0.2, -0.15) is 0 Å². The zero-order valence-electron chi connectivity index (χ0n) is 19.3. The average molecular weight is 449 g/mol. The second kappa shape index (κ2) is 9.74. The lowest BCUT2D eigenvalue weighted by Crippen LogP contribution is -2.48. The zero-order valence-corrected chi connectivity index (χ0v) is 19.3. The minimum Gasteiger partial charge on any atom is -0.390 e. The van der Waals surface area contributed by atoms with E-state index in [1.165, 1.54) is 55.4 Å². The van der Waals surface area contributed by atoms with Gasteiger partial charge in [-0.1, -0.05) is 54.3 Å². The Balaban J connectivity index is 1.39. The fraction of sp³-hybridized carbons (Fsp3) is 0.481. The van der Waals surface area contributed by atoms with E-state index >= 15 is 0 Å². The number of hydrogen-bond donors (Lipinski definition) is 1. The molecule has 0 amide bonds. The number of halogens is 1. The molecule has 6 heteroatoms. The second-order valence-electron chi connectivity index (χ2n) is 9.85. The zero-order chi connectivity index (χ0) is 22.8. The molecule has 2 heterocycles. The van der Waals surface area contributed by atoms with Crippen LogP contribution in [0.15, 0.2) is 54.7 Å². The van der Waals surface area contributed by atoms with E-state index < -0.39 is 6.10 Å². The third kappa shape index (κ3) is 5.02. The first-order valence-corrected chi connectivity index (χ1v) is 12.2. The van der Waals surface area contributed by atoms with Gasteiger partial charge in [0.25, 0.3) is 0 Å². The van der Waals surface area contributed by atoms with E-state index in [1.807, 2.05) is 10.9 Å². The Morgan fingerprint density at radius 3 is 2.45 bits per heavy atom. The summed E-state index contributed by atoms with van der Waals surface area (Å²) in [5.41, 5.74) is 4.07. The number of likely N-dealkylation sites (tertiary alicyclic amines) is 1. The molecule has 1 aliphatic heterocycles. The van der Waals surface area contributed by atoms with Crippen molar-refractivity contribution in [2.24, 2.45) is 5.92 Å². The summed E-state index contributed by atoms with van der Waals surface area (Å²) in [4.78, 5) is 2.50. The molecule has 1 saturated heterocycles. The third-order valence-electron chi connectivity index (χ3n) is 7.44. The smallest absolute Gasteiger partial charge is 0.123 e. The molecule has 2 aromatic carbocycles. The van der Waals surface area contributed by atoms with Crippen LogP contribution in [0.25, 0.3) is 11.3 Å². The van der Waals surface area contributed by atoms with Crippen LogP contribution < -0.4 is 0 Å². The van der Waals surface area contributed by atoms with Gasteiger partial charge >= 0.3 is 0 Å². The Hall–Kier alpha value is -2.57. The lowest BCUT2D eigenvalue weighted by molar-refractivity contribution is -0.0181. The predicted molar refractivity (Wildman–Crippen MR) is 127 cm³/mol. The number of piperidine rings is 1. The molecule has 0 radical (unpaired) electrons. The highest BCUT2D eigenvalue weighted by Crippen LogP contribution is 2.39. The summed E-state index contributed by atoms with van der Waals surface area (Å²) in [5.74, 6) is 0.444. The standard InChI is InChI=1S/C27H33FN4O/c1-19-7-9-22(10-8-19)25-15-26(27(33)18-31(25)16-20-5-3-2-4-6-20)32-17-24(29-30-32)21-11-13-23(28)14-12-21/h7-14,17,20,25-27,33H,2-6,15-16,18H2,1H3/t25-,26-,27-/m1/s1. The molecule has 2 fully saturated rings. The first-order valence-electron chi connectivity index (χ1n) is 12.2. The second-order valence-corrected chi connectivity index (χ2v) is 9.85. The Kier molecular flexibility index (Phi) is 6.56. The number of aromatic nitrogens is 3. The minimum atomic E-state index is -0.516. The Bertz CT molecular complexity index is 1040. The number of rotatable bonds is 5. The van der Waals surface area contributed by atoms with Crippen LogP contribution in [0.4, 0.5) is 4.39 Å². The van der Waals surface area contributed by atoms with Gasteiger partial charge < -0.3 is 5.11 Å². The molecule has 0 unspecified atom stereocenters. The molecule has 0 spiro atoms. The predicted octanol–water partition coefficient (Wildman–Crippen LogP) is 5.32. The monoisotopic (exact) mass is 448 g/mol. The fourth-order valence-corrected chi connectivity index (χ4v) is 5.54. The van der Waals surface area contributed by atoms with Crippen LogP contribution >= 0.6 is 0 Å². The normalized spacial score (nSPS) is 24.8. The maximum atomic E-state index is 13.3. The van der Waals surface area contributed by atoms with Crippen molar-refractivity contribution in [3.63, 3.8) is 0 Å². The summed E-state index contributed by atoms with van der Waals surface area (Å²) < 4.78 is 15.1. The van der Waals surface area contributed by atoms with Gasteiger partial charge in [0, 0.05) is 24.7 Å². The maximum Gasteiger partial charge on any atom is 0.123 e. The lowest BCUT2D eigenvalue weighted by Gasteiger charge is -2.44. The lowest BCUT2D eigenvalue weighted by atomic mass is 9.85. The van der Waals surface area contributed by atoms with Crippen LogP contribution in [0.1, 0.15) is 61.7 Å². The molecule has 5 rings (SSSR count). The molecule has 5 nitrogen and oxygen atoms in total. The largest absolute Gasteiger partial charge is 0.390 e. The molecule has 174 valence electrons. The number of benzene rings is 2. The summed E-state index contributed by atoms with van der Waals surface area (Å²) >= 11 is 0. The summed E-state index contributed by atoms with van der Waals surface area (Å²) in [5, 5.41) is 19.8. The molecule has 1 N–H and O–H groups in total. The SMILES string of the molecule is Cc1ccc([C@H]2C[C@@H](n3cc(-c4ccc(F)cc4)nn3)[C@H](O)CN2CC2CCCCC2)cc1. The Morgan fingerprint density at radius 1 is 1.00 bits per heavy atom. The van der Waals surface area contributed by atoms with Crippen LogP contribution in [0.2, 0.25) is 0 Å². The Labute approximate surface area is 195 Å². The molecular weight excluding hydrogens is 415 g/mol. The highest BCUT2D eigenvalue weighted by Gasteiger charge is 2.38. The molecule has 3 atom stereocenters. The van der Waals surface area contributed by atoms with Crippen molar-refractivity contribution in [2.75, 3.05) is 13.1 Å². The molecular formula is C27H33FN4O. The summed E-state index contributed by atoms with van der Waals surface area (Å²) in [6.07, 6.45) is 8.73. The van der Waals surface area contributed by atoms with Crippen molar-refractivity contribution in [2.45, 2.75) is 63.6 Å². The molecule has 33 heavy (non-hydrogen) atoms. The van der Waals surface area contributed by atoms with Crippen LogP contribution in [-0.4, -0.2) is 44.2 Å². The van der Waals surface area contributed by atoms with E-state index in [0.717, 1.165) is 18.5 Å². The Morgan fingerprint density at radius 2 is 1.73 bits per heavy atom. The van der Waals surface area contributed by atoms with Gasteiger partial charge in [0.05, 0.1) is 18.3 Å². The molecule has 1 aromatic heterocycles. The highest BCUT2D eigenvalue weighted by molar-refractivity contribution is 5.57. The van der Waals surface area contributed by atoms with E-state index in [4.69, 9.17) is 0 Å². The fourth-order valence-electron chi connectivity index (χ4n) is 5.54. The van der Waals surface area contributed by atoms with Gasteiger partial charge in [0.2, 0.25) is 0 Å². The van der Waals surface area contributed by atoms with Crippen molar-refractivity contribution in [3.05, 3.63) is 71.7 Å². The van der Waals surface area contributed by atoms with Gasteiger partial charge in [0.1, 0.15) is 11.5 Å². The first kappa shape index (κ1) is 22.2. The van der Waals surface area contributed by atoms with E-state index in [0.29, 0.717) is 18.2 Å². The number of hydrogen-bond acceptors (Lipinski definition) is 4. The summed E-state index contributed by atoms with van der Waals surface area (Å²) in [6, 6.07) is 15.2. The molecule has 1 saturated carbocycles. The van der Waals surface area contributed by atoms with Gasteiger partial charge in [-0.3, -0.25) is 4.90 Å². The minimum absolute atomic E-state index is 0.152. The van der Waals surface area contributed by atoms with Crippen LogP contribution in [0, 0.1) is 18.7 Å². The highest BCUT2D eigenvalue weighted by atomic mass is 19.1. The van der Waals surface area contributed by atoms with Crippen molar-refractivity contribution < 1.29 is 9.50 Å². The molecule has 0 bridgehead atoms. The number of aliphatic hydroxyl groups is 1. The van der Waals surface area contributed by atoms with Crippen molar-refractivity contribution in [1.29, 1.82) is 0 Å². The molecule has 1 aliphatic carbocycles. The van der Waals surface area contributed by atoms with Crippen molar-refractivity contribution in [1.82, 2.24) is 19.9 Å². The van der Waals surface area contributed by atoms with Gasteiger partial charge in [-0.15, -0.1) is 5.10 Å². The molecule has 3 aromatic rings. The summed E-state index contributed by atoms with van der Waals surface area (Å²) in [6.45, 7) is 3.79. The van der Waals surface area contributed by atoms with Crippen LogP contribution in [0.5, 0.6) is 0 Å². The quantitative estimate of drug-likeness (QED) is 0.574. The van der Waals surface area contributed by atoms with E-state index in [2.05, 4.69) is 46.4 Å². The van der Waals surface area contributed by atoms with Crippen molar-refractivity contribution in [3.8, 4) is 11.3 Å². The maximum absolute atomic E-state index is 13.3. The van der Waals surface area contributed by atoms with Gasteiger partial charge in [-0.25, -0.2) is 9.07 Å². The van der Waals surface area contributed by atoms with Gasteiger partial charge in [-0.05, 0) is 61.9 Å². The van der Waals surface area contributed by atoms with Crippen LogP contribution in [-0.2, 0) is 0 Å². The van der Waals surface area contributed by atoms with Gasteiger partial charge in [0.15, 0.2) is 0 Å². The number of β-amino-alcohol motifs (C(OH)–C–C–N with tert-alkyl or cyclic N) is 1. The number of nitrogens with zero attached hydrogens (tertiary/aromatic N) is 4. The first-order chi connectivity index (χ1) is 16.1. The summed E-state index contributed by atoms with van der Waals surface area (Å²) in [7, 11) is 0.